The molecule has 0 heterocycles. The second-order valence-corrected chi connectivity index (χ2v) is 0. The Bertz CT molecular complexity index is 8.00. The van der Waals surface area contributed by atoms with Gasteiger partial charge < -0.3 is 0 Å². The molecular weight excluding hydrogens is 225 g/mol. The smallest absolute Gasteiger partial charge is 0 e. The van der Waals surface area contributed by atoms with Crippen LogP contribution in [0.1, 0.15) is 0 Å². The van der Waals surface area contributed by atoms with Crippen LogP contribution >= 0.6 is 0 Å². The van der Waals surface area contributed by atoms with Crippen LogP contribution in [0.3, 0.4) is 0 Å². The zero-order valence-corrected chi connectivity index (χ0v) is 6.10. The van der Waals surface area contributed by atoms with E-state index in [0.29, 0.717) is 0 Å². The molecule has 0 aromatic carbocycles. The summed E-state index contributed by atoms with van der Waals surface area (Å²) in [5, 5.41) is 0. The van der Waals surface area contributed by atoms with Crippen LogP contribution in [0.15, 0.2) is 0 Å². The topological polar surface area (TPSA) is 0 Å². The molecule has 0 aromatic rings. The molecule has 0 atom stereocenters. The van der Waals surface area contributed by atoms with Crippen molar-refractivity contribution < 1.29 is 69.8 Å². The monoisotopic (exact) mass is 225 g/mol. The van der Waals surface area contributed by atoms with Gasteiger partial charge in [0, 0.05) is 69.8 Å². The Labute approximate surface area is 69.2 Å². The number of hydrogen-bond acceptors (Lipinski definition) is 0. The van der Waals surface area contributed by atoms with Gasteiger partial charge in [0.15, 0.2) is 0 Å². The van der Waals surface area contributed by atoms with E-state index in [1.54, 1.807) is 0 Å². The van der Waals surface area contributed by atoms with Crippen molar-refractivity contribution in [3.63, 3.8) is 0 Å². The van der Waals surface area contributed by atoms with Crippen molar-refractivity contribution in [3.05, 3.63) is 0 Å². The van der Waals surface area contributed by atoms with Crippen LogP contribution < -0.4 is 0 Å². The molecule has 0 spiro atoms. The van der Waals surface area contributed by atoms with E-state index in [9.17, 15) is 0 Å². The first-order chi connectivity index (χ1) is 0. The predicted molar refractivity (Wildman–Crippen MR) is 0 cm³/mol. The largest absolute Gasteiger partial charge is 0 e. The molecule has 4 heteroatoms. The van der Waals surface area contributed by atoms with Crippen molar-refractivity contribution in [2.24, 2.45) is 0 Å². The molecule has 3 radical (unpaired) electrons. The minimum absolute atomic E-state index is 0. The van der Waals surface area contributed by atoms with Crippen LogP contribution in [0, 0.1) is 0 Å². The molecular formula is CuFeMnV. The third-order valence-electron chi connectivity index (χ3n) is 0. The molecule has 0 aliphatic carbocycles. The van der Waals surface area contributed by atoms with Crippen molar-refractivity contribution in [2.45, 2.75) is 0 Å². The van der Waals surface area contributed by atoms with Crippen molar-refractivity contribution in [3.8, 4) is 0 Å². The van der Waals surface area contributed by atoms with Crippen LogP contribution in [0.2, 0.25) is 0 Å². The molecule has 0 unspecified atom stereocenters. The van der Waals surface area contributed by atoms with Crippen LogP contribution in [0.25, 0.3) is 0 Å². The molecule has 0 nitrogen and oxygen atoms in total. The van der Waals surface area contributed by atoms with E-state index in [1.807, 2.05) is 0 Å². The Morgan fingerprint density at radius 3 is 1.00 bits per heavy atom. The summed E-state index contributed by atoms with van der Waals surface area (Å²) in [5.74, 6) is 0. The van der Waals surface area contributed by atoms with Gasteiger partial charge in [-0.1, -0.05) is 0 Å². The zero-order valence-electron chi connectivity index (χ0n) is 1.48. The van der Waals surface area contributed by atoms with Gasteiger partial charge in [0.05, 0.1) is 0 Å². The summed E-state index contributed by atoms with van der Waals surface area (Å²) < 4.78 is 0. The maximum atomic E-state index is 0. The Balaban J connectivity index is 0. The SMILES string of the molecule is [Cu].[Fe].[Mn].[V]. The molecule has 0 N–H and O–H groups in total. The number of hydrogen-bond donors (Lipinski definition) is 0. The average molecular weight is 225 g/mol. The normalized spacial score (nSPS) is 0. The fourth-order valence-electron chi connectivity index (χ4n) is 0. The van der Waals surface area contributed by atoms with Crippen LogP contribution in [-0.2, 0) is 69.8 Å². The van der Waals surface area contributed by atoms with Gasteiger partial charge in [0.25, 0.3) is 0 Å². The van der Waals surface area contributed by atoms with Gasteiger partial charge in [-0.2, -0.15) is 0 Å². The van der Waals surface area contributed by atoms with Gasteiger partial charge in [-0.15, -0.1) is 0 Å². The van der Waals surface area contributed by atoms with Crippen LogP contribution in [0.4, 0.5) is 0 Å². The average Bonchev–Trinajstić information content (AvgIpc) is 0. The van der Waals surface area contributed by atoms with E-state index >= 15 is 0 Å². The summed E-state index contributed by atoms with van der Waals surface area (Å²) >= 11 is 0. The maximum Gasteiger partial charge on any atom is 0 e. The van der Waals surface area contributed by atoms with E-state index in [2.05, 4.69) is 0 Å². The molecule has 0 aromatic heterocycles. The summed E-state index contributed by atoms with van der Waals surface area (Å²) in [7, 11) is 0. The van der Waals surface area contributed by atoms with Gasteiger partial charge in [0.2, 0.25) is 0 Å². The van der Waals surface area contributed by atoms with E-state index in [0.717, 1.165) is 0 Å². The summed E-state index contributed by atoms with van der Waals surface area (Å²) in [6.45, 7) is 0. The van der Waals surface area contributed by atoms with Gasteiger partial charge >= 0.3 is 0 Å². The minimum atomic E-state index is 0. The summed E-state index contributed by atoms with van der Waals surface area (Å²) in [6.07, 6.45) is 0. The third kappa shape index (κ3) is 8.91. The minimum Gasteiger partial charge on any atom is 0 e. The second-order valence-electron chi connectivity index (χ2n) is 0. The van der Waals surface area contributed by atoms with Gasteiger partial charge in [0.1, 0.15) is 0 Å². The molecule has 4 heavy (non-hydrogen) atoms. The van der Waals surface area contributed by atoms with Crippen molar-refractivity contribution in [1.82, 2.24) is 0 Å². The first-order valence-electron chi connectivity index (χ1n) is 0. The molecule has 0 fully saturated rings. The summed E-state index contributed by atoms with van der Waals surface area (Å²) in [4.78, 5) is 0. The van der Waals surface area contributed by atoms with Gasteiger partial charge in [-0.05, 0) is 0 Å². The Morgan fingerprint density at radius 2 is 1.00 bits per heavy atom. The van der Waals surface area contributed by atoms with Crippen molar-refractivity contribution in [1.29, 1.82) is 0 Å². The Morgan fingerprint density at radius 1 is 1.00 bits per heavy atom. The number of rotatable bonds is 0. The zero-order chi connectivity index (χ0) is 0. The van der Waals surface area contributed by atoms with Crippen LogP contribution in [-0.4, -0.2) is 0 Å². The summed E-state index contributed by atoms with van der Waals surface area (Å²) in [6, 6.07) is 0. The van der Waals surface area contributed by atoms with Crippen LogP contribution in [0.5, 0.6) is 0 Å². The van der Waals surface area contributed by atoms with E-state index < -0.39 is 0 Å². The quantitative estimate of drug-likeness (QED) is 0.509. The predicted octanol–water partition coefficient (Wildman–Crippen LogP) is -0.0100. The van der Waals surface area contributed by atoms with Gasteiger partial charge in [-0.3, -0.25) is 0 Å². The molecule has 31 valence electrons. The Hall–Kier alpha value is 2.14. The first-order valence-corrected chi connectivity index (χ1v) is 0. The van der Waals surface area contributed by atoms with E-state index in [4.69, 9.17) is 0 Å². The molecule has 0 rings (SSSR count). The van der Waals surface area contributed by atoms with Gasteiger partial charge in [-0.25, -0.2) is 0 Å². The van der Waals surface area contributed by atoms with E-state index in [-0.39, 0.29) is 69.8 Å². The summed E-state index contributed by atoms with van der Waals surface area (Å²) in [5.41, 5.74) is 0. The molecule has 0 saturated carbocycles. The molecule has 0 aliphatic heterocycles. The van der Waals surface area contributed by atoms with E-state index in [1.165, 1.54) is 0 Å². The van der Waals surface area contributed by atoms with Crippen molar-refractivity contribution in [2.75, 3.05) is 0 Å². The first kappa shape index (κ1) is 35.4. The molecule has 0 bridgehead atoms. The Kier molecular flexibility index (Phi) is 170. The fraction of sp³-hybridized carbons (Fsp3) is 0. The second kappa shape index (κ2) is 19.2. The fourth-order valence-corrected chi connectivity index (χ4v) is 0. The molecule has 0 aliphatic rings. The third-order valence-corrected chi connectivity index (χ3v) is 0. The van der Waals surface area contributed by atoms with Crippen molar-refractivity contribution >= 4 is 0 Å². The maximum absolute atomic E-state index is 0. The standard InChI is InChI=1S/Cu.Fe.Mn.V. The molecule has 0 amide bonds. The molecule has 0 saturated heterocycles.